The minimum atomic E-state index is 0.0103. The SMILES string of the molecule is CC=C(N)c1ccccc1/C=C/C1C=C(O)C=Cc2ccccc21. The Hall–Kier alpha value is -3.00. The summed E-state index contributed by atoms with van der Waals surface area (Å²) < 4.78 is 0. The van der Waals surface area contributed by atoms with E-state index in [0.717, 1.165) is 22.4 Å². The number of fused-ring (bicyclic) bond motifs is 1. The van der Waals surface area contributed by atoms with Crippen LogP contribution < -0.4 is 5.73 Å². The second-order valence-electron chi connectivity index (χ2n) is 5.77. The molecule has 2 aromatic rings. The normalized spacial score (nSPS) is 17.5. The van der Waals surface area contributed by atoms with Gasteiger partial charge in [-0.1, -0.05) is 72.8 Å². The minimum absolute atomic E-state index is 0.0103. The van der Waals surface area contributed by atoms with Gasteiger partial charge in [0.1, 0.15) is 5.76 Å². The monoisotopic (exact) mass is 315 g/mol. The Kier molecular flexibility index (Phi) is 4.66. The zero-order valence-electron chi connectivity index (χ0n) is 13.7. The van der Waals surface area contributed by atoms with Crippen molar-refractivity contribution in [1.29, 1.82) is 0 Å². The van der Waals surface area contributed by atoms with Gasteiger partial charge in [-0.25, -0.2) is 0 Å². The number of hydrogen-bond donors (Lipinski definition) is 2. The van der Waals surface area contributed by atoms with Gasteiger partial charge in [-0.05, 0) is 35.8 Å². The molecule has 1 unspecified atom stereocenters. The molecule has 0 bridgehead atoms. The first-order valence-electron chi connectivity index (χ1n) is 8.06. The molecular weight excluding hydrogens is 294 g/mol. The molecule has 2 nitrogen and oxygen atoms in total. The highest BCUT2D eigenvalue weighted by Gasteiger charge is 2.12. The molecule has 2 heteroatoms. The summed E-state index contributed by atoms with van der Waals surface area (Å²) in [7, 11) is 0. The van der Waals surface area contributed by atoms with Crippen LogP contribution in [0.4, 0.5) is 0 Å². The van der Waals surface area contributed by atoms with E-state index in [1.807, 2.05) is 61.5 Å². The topological polar surface area (TPSA) is 46.2 Å². The summed E-state index contributed by atoms with van der Waals surface area (Å²) in [5.74, 6) is 0.290. The van der Waals surface area contributed by atoms with Crippen LogP contribution in [0.2, 0.25) is 0 Å². The number of benzene rings is 2. The molecule has 2 aromatic carbocycles. The highest BCUT2D eigenvalue weighted by atomic mass is 16.3. The molecule has 0 spiro atoms. The van der Waals surface area contributed by atoms with Crippen LogP contribution in [0.1, 0.15) is 35.1 Å². The average Bonchev–Trinajstić information content (AvgIpc) is 2.79. The fourth-order valence-corrected chi connectivity index (χ4v) is 2.90. The van der Waals surface area contributed by atoms with Crippen LogP contribution in [0.3, 0.4) is 0 Å². The van der Waals surface area contributed by atoms with Gasteiger partial charge in [0, 0.05) is 17.2 Å². The van der Waals surface area contributed by atoms with E-state index in [1.165, 1.54) is 5.56 Å². The highest BCUT2D eigenvalue weighted by molar-refractivity contribution is 5.73. The molecule has 0 radical (unpaired) electrons. The molecule has 0 saturated heterocycles. The molecule has 0 heterocycles. The van der Waals surface area contributed by atoms with Crippen molar-refractivity contribution in [3.8, 4) is 0 Å². The molecule has 3 rings (SSSR count). The Bertz CT molecular complexity index is 856. The molecule has 1 aliphatic rings. The largest absolute Gasteiger partial charge is 0.508 e. The summed E-state index contributed by atoms with van der Waals surface area (Å²) in [6.45, 7) is 1.93. The average molecular weight is 315 g/mol. The fraction of sp³-hybridized carbons (Fsp3) is 0.0909. The predicted octanol–water partition coefficient (Wildman–Crippen LogP) is 5.27. The van der Waals surface area contributed by atoms with E-state index < -0.39 is 0 Å². The van der Waals surface area contributed by atoms with E-state index in [-0.39, 0.29) is 11.7 Å². The van der Waals surface area contributed by atoms with Crippen LogP contribution in [-0.2, 0) is 0 Å². The Morgan fingerprint density at radius 2 is 1.79 bits per heavy atom. The smallest absolute Gasteiger partial charge is 0.112 e. The van der Waals surface area contributed by atoms with E-state index in [1.54, 1.807) is 6.08 Å². The van der Waals surface area contributed by atoms with Crippen LogP contribution in [-0.4, -0.2) is 5.11 Å². The lowest BCUT2D eigenvalue weighted by Crippen LogP contribution is -1.98. The zero-order chi connectivity index (χ0) is 16.9. The van der Waals surface area contributed by atoms with Crippen LogP contribution in [0.5, 0.6) is 0 Å². The van der Waals surface area contributed by atoms with Crippen LogP contribution in [0.25, 0.3) is 17.8 Å². The third kappa shape index (κ3) is 3.33. The van der Waals surface area contributed by atoms with Gasteiger partial charge in [-0.3, -0.25) is 0 Å². The van der Waals surface area contributed by atoms with Crippen LogP contribution in [0.15, 0.2) is 78.6 Å². The van der Waals surface area contributed by atoms with Gasteiger partial charge in [0.15, 0.2) is 0 Å². The lowest BCUT2D eigenvalue weighted by atomic mass is 9.93. The predicted molar refractivity (Wildman–Crippen MR) is 102 cm³/mol. The van der Waals surface area contributed by atoms with Crippen molar-refractivity contribution in [2.75, 3.05) is 0 Å². The van der Waals surface area contributed by atoms with Gasteiger partial charge < -0.3 is 10.8 Å². The first kappa shape index (κ1) is 15.9. The van der Waals surface area contributed by atoms with Crippen molar-refractivity contribution in [3.63, 3.8) is 0 Å². The van der Waals surface area contributed by atoms with Crippen molar-refractivity contribution >= 4 is 17.8 Å². The van der Waals surface area contributed by atoms with Crippen LogP contribution >= 0.6 is 0 Å². The lowest BCUT2D eigenvalue weighted by Gasteiger charge is -2.12. The molecule has 24 heavy (non-hydrogen) atoms. The van der Waals surface area contributed by atoms with Gasteiger partial charge >= 0.3 is 0 Å². The first-order chi connectivity index (χ1) is 11.7. The highest BCUT2D eigenvalue weighted by Crippen LogP contribution is 2.29. The minimum Gasteiger partial charge on any atom is -0.508 e. The molecule has 3 N–H and O–H groups in total. The Morgan fingerprint density at radius 1 is 1.04 bits per heavy atom. The Balaban J connectivity index is 2.00. The summed E-state index contributed by atoms with van der Waals surface area (Å²) in [4.78, 5) is 0. The Morgan fingerprint density at radius 3 is 2.62 bits per heavy atom. The van der Waals surface area contributed by atoms with E-state index in [4.69, 9.17) is 5.73 Å². The molecule has 0 aliphatic heterocycles. The van der Waals surface area contributed by atoms with Crippen molar-refractivity contribution in [2.24, 2.45) is 5.73 Å². The third-order valence-electron chi connectivity index (χ3n) is 4.21. The van der Waals surface area contributed by atoms with Crippen molar-refractivity contribution in [3.05, 3.63) is 101 Å². The van der Waals surface area contributed by atoms with Gasteiger partial charge in [0.2, 0.25) is 0 Å². The number of nitrogens with two attached hydrogens (primary N) is 1. The van der Waals surface area contributed by atoms with Crippen LogP contribution in [0, 0.1) is 0 Å². The van der Waals surface area contributed by atoms with Crippen molar-refractivity contribution < 1.29 is 5.11 Å². The van der Waals surface area contributed by atoms with Gasteiger partial charge in [0.25, 0.3) is 0 Å². The molecule has 120 valence electrons. The molecule has 0 amide bonds. The number of allylic oxidation sites excluding steroid dienone is 4. The van der Waals surface area contributed by atoms with Gasteiger partial charge in [0.05, 0.1) is 0 Å². The Labute approximate surface area is 143 Å². The molecule has 1 atom stereocenters. The summed E-state index contributed by atoms with van der Waals surface area (Å²) >= 11 is 0. The number of aliphatic hydroxyl groups is 1. The molecule has 1 aliphatic carbocycles. The van der Waals surface area contributed by atoms with E-state index in [9.17, 15) is 5.11 Å². The number of aliphatic hydroxyl groups excluding tert-OH is 1. The third-order valence-corrected chi connectivity index (χ3v) is 4.21. The standard InChI is InChI=1S/C22H21NO/c1-2-22(23)21-10-6-4-8-17(21)11-12-18-15-19(24)14-13-16-7-3-5-9-20(16)18/h2-15,18,24H,23H2,1H3/b12-11+,22-2?. The van der Waals surface area contributed by atoms with E-state index in [0.29, 0.717) is 0 Å². The summed E-state index contributed by atoms with van der Waals surface area (Å²) in [5.41, 5.74) is 11.2. The molecule has 0 fully saturated rings. The molecule has 0 aromatic heterocycles. The second kappa shape index (κ2) is 7.05. The van der Waals surface area contributed by atoms with Gasteiger partial charge in [-0.2, -0.15) is 0 Å². The number of hydrogen-bond acceptors (Lipinski definition) is 2. The van der Waals surface area contributed by atoms with Crippen molar-refractivity contribution in [1.82, 2.24) is 0 Å². The van der Waals surface area contributed by atoms with Crippen molar-refractivity contribution in [2.45, 2.75) is 12.8 Å². The molecule has 0 saturated carbocycles. The molecular formula is C22H21NO. The summed E-state index contributed by atoms with van der Waals surface area (Å²) in [6, 6.07) is 16.2. The maximum absolute atomic E-state index is 10.0. The second-order valence-corrected chi connectivity index (χ2v) is 5.77. The maximum atomic E-state index is 10.0. The number of rotatable bonds is 3. The fourth-order valence-electron chi connectivity index (χ4n) is 2.90. The van der Waals surface area contributed by atoms with E-state index in [2.05, 4.69) is 24.3 Å². The quantitative estimate of drug-likeness (QED) is 0.810. The summed E-state index contributed by atoms with van der Waals surface area (Å²) in [5, 5.41) is 10.0. The first-order valence-corrected chi connectivity index (χ1v) is 8.06. The van der Waals surface area contributed by atoms with Gasteiger partial charge in [-0.15, -0.1) is 0 Å². The zero-order valence-corrected chi connectivity index (χ0v) is 13.7. The lowest BCUT2D eigenvalue weighted by molar-refractivity contribution is 0.430. The maximum Gasteiger partial charge on any atom is 0.112 e. The summed E-state index contributed by atoms with van der Waals surface area (Å²) in [6.07, 6.45) is 11.6. The van der Waals surface area contributed by atoms with E-state index >= 15 is 0 Å².